The molecular weight excluding hydrogens is 398 g/mol. The summed E-state index contributed by atoms with van der Waals surface area (Å²) in [5.74, 6) is -1.09. The van der Waals surface area contributed by atoms with E-state index in [4.69, 9.17) is 18.6 Å². The van der Waals surface area contributed by atoms with Crippen LogP contribution in [-0.2, 0) is 11.2 Å². The van der Waals surface area contributed by atoms with Crippen molar-refractivity contribution in [3.63, 3.8) is 0 Å². The molecule has 0 amide bonds. The van der Waals surface area contributed by atoms with Crippen LogP contribution >= 0.6 is 0 Å². The van der Waals surface area contributed by atoms with E-state index in [9.17, 15) is 18.7 Å². The van der Waals surface area contributed by atoms with Gasteiger partial charge in [0.1, 0.15) is 46.0 Å². The fourth-order valence-electron chi connectivity index (χ4n) is 3.49. The van der Waals surface area contributed by atoms with E-state index in [-0.39, 0.29) is 41.1 Å². The molecule has 30 heavy (non-hydrogen) atoms. The normalized spacial score (nSPS) is 17.5. The second kappa shape index (κ2) is 7.37. The van der Waals surface area contributed by atoms with Gasteiger partial charge in [-0.3, -0.25) is 4.79 Å². The van der Waals surface area contributed by atoms with Gasteiger partial charge in [0.2, 0.25) is 5.43 Å². The van der Waals surface area contributed by atoms with Crippen molar-refractivity contribution < 1.29 is 32.5 Å². The maximum Gasteiger partial charge on any atom is 0.204 e. The summed E-state index contributed by atoms with van der Waals surface area (Å²) in [6.45, 7) is 3.33. The lowest BCUT2D eigenvalue weighted by Crippen LogP contribution is -2.46. The lowest BCUT2D eigenvalue weighted by atomic mass is 9.89. The highest BCUT2D eigenvalue weighted by Crippen LogP contribution is 2.43. The molecule has 0 bridgehead atoms. The number of hydrogen-bond donors (Lipinski definition) is 1. The van der Waals surface area contributed by atoms with Crippen molar-refractivity contribution in [2.45, 2.75) is 32.0 Å². The summed E-state index contributed by atoms with van der Waals surface area (Å²) in [5, 5.41) is 10.6. The molecule has 2 heterocycles. The smallest absolute Gasteiger partial charge is 0.204 e. The minimum atomic E-state index is -0.983. The predicted molar refractivity (Wildman–Crippen MR) is 105 cm³/mol. The van der Waals surface area contributed by atoms with Crippen molar-refractivity contribution in [2.24, 2.45) is 0 Å². The number of hydrogen-bond acceptors (Lipinski definition) is 6. The SMILES string of the molecule is COCOc1cc2occ(-c3ccc(F)cc3F)c(=O)c2c2c1CC(O)C(C)(C)O2. The molecule has 3 aromatic rings. The van der Waals surface area contributed by atoms with Gasteiger partial charge in [-0.05, 0) is 26.0 Å². The van der Waals surface area contributed by atoms with Crippen LogP contribution in [0.3, 0.4) is 0 Å². The fraction of sp³-hybridized carbons (Fsp3) is 0.318. The van der Waals surface area contributed by atoms with Gasteiger partial charge in [0.25, 0.3) is 0 Å². The topological polar surface area (TPSA) is 78.1 Å². The first-order chi connectivity index (χ1) is 14.2. The number of halogens is 2. The minimum Gasteiger partial charge on any atom is -0.484 e. The van der Waals surface area contributed by atoms with Gasteiger partial charge < -0.3 is 23.7 Å². The summed E-state index contributed by atoms with van der Waals surface area (Å²) in [5.41, 5.74) is -1.03. The van der Waals surface area contributed by atoms with Gasteiger partial charge >= 0.3 is 0 Å². The third-order valence-electron chi connectivity index (χ3n) is 5.20. The molecule has 0 saturated carbocycles. The molecule has 0 fully saturated rings. The Labute approximate surface area is 170 Å². The largest absolute Gasteiger partial charge is 0.484 e. The maximum atomic E-state index is 14.3. The molecule has 1 aliphatic rings. The van der Waals surface area contributed by atoms with E-state index in [1.54, 1.807) is 13.8 Å². The highest BCUT2D eigenvalue weighted by molar-refractivity contribution is 5.90. The molecule has 1 atom stereocenters. The maximum absolute atomic E-state index is 14.3. The Morgan fingerprint density at radius 3 is 2.70 bits per heavy atom. The Morgan fingerprint density at radius 1 is 1.23 bits per heavy atom. The van der Waals surface area contributed by atoms with E-state index in [1.165, 1.54) is 19.2 Å². The van der Waals surface area contributed by atoms with Crippen molar-refractivity contribution in [3.8, 4) is 22.6 Å². The lowest BCUT2D eigenvalue weighted by Gasteiger charge is -2.37. The summed E-state index contributed by atoms with van der Waals surface area (Å²) in [6, 6.07) is 4.45. The molecule has 6 nitrogen and oxygen atoms in total. The number of aliphatic hydroxyl groups is 1. The quantitative estimate of drug-likeness (QED) is 0.650. The Bertz CT molecular complexity index is 1180. The van der Waals surface area contributed by atoms with Crippen molar-refractivity contribution in [3.05, 3.63) is 57.9 Å². The number of fused-ring (bicyclic) bond motifs is 3. The number of ether oxygens (including phenoxy) is 3. The van der Waals surface area contributed by atoms with Crippen LogP contribution < -0.4 is 14.9 Å². The van der Waals surface area contributed by atoms with Gasteiger partial charge in [0.05, 0.1) is 11.7 Å². The minimum absolute atomic E-state index is 0.0550. The number of benzene rings is 2. The average Bonchev–Trinajstić information content (AvgIpc) is 2.68. The second-order valence-electron chi connectivity index (χ2n) is 7.63. The second-order valence-corrected chi connectivity index (χ2v) is 7.63. The molecule has 1 unspecified atom stereocenters. The standard InChI is InChI=1S/C22H20F2O6/c1-22(2)18(25)7-13-16(29-10-27-3)8-17-19(21(13)30-22)20(26)14(9-28-17)12-5-4-11(23)6-15(12)24/h4-6,8-9,18,25H,7,10H2,1-3H3. The Balaban J connectivity index is 2.00. The zero-order valence-corrected chi connectivity index (χ0v) is 16.6. The fourth-order valence-corrected chi connectivity index (χ4v) is 3.49. The Morgan fingerprint density at radius 2 is 2.00 bits per heavy atom. The van der Waals surface area contributed by atoms with Gasteiger partial charge in [0, 0.05) is 36.8 Å². The van der Waals surface area contributed by atoms with Crippen LogP contribution in [-0.4, -0.2) is 30.7 Å². The van der Waals surface area contributed by atoms with Crippen molar-refractivity contribution in [1.29, 1.82) is 0 Å². The highest BCUT2D eigenvalue weighted by atomic mass is 19.1. The van der Waals surface area contributed by atoms with Gasteiger partial charge in [-0.1, -0.05) is 0 Å². The lowest BCUT2D eigenvalue weighted by molar-refractivity contribution is -0.0415. The van der Waals surface area contributed by atoms with Crippen LogP contribution in [0.2, 0.25) is 0 Å². The summed E-state index contributed by atoms with van der Waals surface area (Å²) >= 11 is 0. The van der Waals surface area contributed by atoms with Crippen LogP contribution in [0, 0.1) is 11.6 Å². The first-order valence-electron chi connectivity index (χ1n) is 9.28. The molecular formula is C22H20F2O6. The monoisotopic (exact) mass is 418 g/mol. The molecule has 1 N–H and O–H groups in total. The number of rotatable bonds is 4. The van der Waals surface area contributed by atoms with Gasteiger partial charge in [-0.2, -0.15) is 0 Å². The molecule has 1 aromatic heterocycles. The predicted octanol–water partition coefficient (Wildman–Crippen LogP) is 3.80. The van der Waals surface area contributed by atoms with Crippen molar-refractivity contribution in [2.75, 3.05) is 13.9 Å². The van der Waals surface area contributed by atoms with Crippen LogP contribution in [0.5, 0.6) is 11.5 Å². The van der Waals surface area contributed by atoms with E-state index in [2.05, 4.69) is 0 Å². The van der Waals surface area contributed by atoms with Crippen LogP contribution in [0.4, 0.5) is 8.78 Å². The van der Waals surface area contributed by atoms with Crippen molar-refractivity contribution in [1.82, 2.24) is 0 Å². The van der Waals surface area contributed by atoms with Crippen LogP contribution in [0.1, 0.15) is 19.4 Å². The highest BCUT2D eigenvalue weighted by Gasteiger charge is 2.39. The average molecular weight is 418 g/mol. The van der Waals surface area contributed by atoms with E-state index >= 15 is 0 Å². The third kappa shape index (κ3) is 3.32. The van der Waals surface area contributed by atoms with Gasteiger partial charge in [-0.25, -0.2) is 8.78 Å². The third-order valence-corrected chi connectivity index (χ3v) is 5.20. The van der Waals surface area contributed by atoms with E-state index in [0.29, 0.717) is 17.4 Å². The zero-order chi connectivity index (χ0) is 21.6. The van der Waals surface area contributed by atoms with Crippen LogP contribution in [0.15, 0.2) is 39.7 Å². The van der Waals surface area contributed by atoms with Gasteiger partial charge in [-0.15, -0.1) is 0 Å². The Kier molecular flexibility index (Phi) is 4.99. The molecule has 1 aliphatic heterocycles. The number of aliphatic hydroxyl groups excluding tert-OH is 1. The van der Waals surface area contributed by atoms with Crippen molar-refractivity contribution >= 4 is 11.0 Å². The molecule has 0 spiro atoms. The summed E-state index contributed by atoms with van der Waals surface area (Å²) in [6.07, 6.45) is 0.444. The van der Waals surface area contributed by atoms with Gasteiger partial charge in [0.15, 0.2) is 6.79 Å². The molecule has 158 valence electrons. The van der Waals surface area contributed by atoms with E-state index < -0.39 is 28.8 Å². The molecule has 0 saturated heterocycles. The first kappa shape index (κ1) is 20.3. The zero-order valence-electron chi connectivity index (χ0n) is 16.6. The Hall–Kier alpha value is -2.97. The molecule has 8 heteroatoms. The van der Waals surface area contributed by atoms with E-state index in [1.807, 2.05) is 0 Å². The summed E-state index contributed by atoms with van der Waals surface area (Å²) in [4.78, 5) is 13.3. The molecule has 2 aromatic carbocycles. The number of methoxy groups -OCH3 is 1. The summed E-state index contributed by atoms with van der Waals surface area (Å²) in [7, 11) is 1.46. The van der Waals surface area contributed by atoms with Crippen LogP contribution in [0.25, 0.3) is 22.1 Å². The molecule has 4 rings (SSSR count). The van der Waals surface area contributed by atoms with E-state index in [0.717, 1.165) is 12.3 Å². The first-order valence-corrected chi connectivity index (χ1v) is 9.28. The molecule has 0 aliphatic carbocycles. The summed E-state index contributed by atoms with van der Waals surface area (Å²) < 4.78 is 49.8. The molecule has 0 radical (unpaired) electrons.